The van der Waals surface area contributed by atoms with Crippen LogP contribution in [0, 0.1) is 16.7 Å². The van der Waals surface area contributed by atoms with Crippen LogP contribution in [0.25, 0.3) is 0 Å². The van der Waals surface area contributed by atoms with E-state index in [1.54, 1.807) is 19.2 Å². The molecule has 1 saturated heterocycles. The van der Waals surface area contributed by atoms with Crippen molar-refractivity contribution in [2.75, 3.05) is 13.9 Å². The summed E-state index contributed by atoms with van der Waals surface area (Å²) in [6.07, 6.45) is -0.914. The fourth-order valence-corrected chi connectivity index (χ4v) is 12.9. The average molecular weight is 735 g/mol. The molecular formula is C42H58O9Si. The van der Waals surface area contributed by atoms with Gasteiger partial charge in [0.1, 0.15) is 12.9 Å². The van der Waals surface area contributed by atoms with E-state index in [0.717, 1.165) is 34.8 Å². The molecule has 1 aliphatic heterocycles. The molecule has 284 valence electrons. The Balaban J connectivity index is 1.55. The van der Waals surface area contributed by atoms with Crippen LogP contribution in [0.1, 0.15) is 90.1 Å². The molecule has 3 fully saturated rings. The standard InChI is InChI=1S/C42H58O9Si/c1-9-52(10-2,11-3)51-33-24-41(7)34(48-38(43)30-20-16-13-17-21-30)23-22-31(47-27-45-8)36(41)37-42(50-39(44)49-37)25-32(28(4)35(33)40(42,5)6)46-26-29-18-14-12-15-19-29/h12-21,31-34,36-37H,9-11,22-27H2,1-8H3/t31-,32-,33-,34+,36-,37-,41+,42+/m0/s1. The Morgan fingerprint density at radius 3 is 2.17 bits per heavy atom. The van der Waals surface area contributed by atoms with Crippen LogP contribution in [0.2, 0.25) is 18.1 Å². The summed E-state index contributed by atoms with van der Waals surface area (Å²) in [6, 6.07) is 22.2. The number of methoxy groups -OCH3 is 1. The lowest BCUT2D eigenvalue weighted by molar-refractivity contribution is -0.223. The molecule has 8 atom stereocenters. The van der Waals surface area contributed by atoms with Gasteiger partial charge >= 0.3 is 12.1 Å². The molecule has 2 bridgehead atoms. The minimum atomic E-state index is -2.24. The van der Waals surface area contributed by atoms with Gasteiger partial charge in [0.25, 0.3) is 0 Å². The van der Waals surface area contributed by atoms with Crippen molar-refractivity contribution in [3.05, 3.63) is 82.9 Å². The highest BCUT2D eigenvalue weighted by atomic mass is 28.4. The number of carbonyl (C=O) groups excluding carboxylic acids is 2. The lowest BCUT2D eigenvalue weighted by atomic mass is 9.48. The maximum atomic E-state index is 13.8. The van der Waals surface area contributed by atoms with Crippen molar-refractivity contribution in [1.29, 1.82) is 0 Å². The summed E-state index contributed by atoms with van der Waals surface area (Å²) >= 11 is 0. The largest absolute Gasteiger partial charge is 0.509 e. The zero-order valence-corrected chi connectivity index (χ0v) is 33.3. The van der Waals surface area contributed by atoms with Crippen LogP contribution in [0.4, 0.5) is 4.79 Å². The third-order valence-electron chi connectivity index (χ3n) is 13.2. The van der Waals surface area contributed by atoms with Gasteiger partial charge in [-0.25, -0.2) is 9.59 Å². The number of fused-ring (bicyclic) bond motifs is 3. The van der Waals surface area contributed by atoms with E-state index < -0.39 is 49.0 Å². The van der Waals surface area contributed by atoms with Crippen LogP contribution in [-0.4, -0.2) is 70.5 Å². The normalized spacial score (nSPS) is 32.5. The molecule has 1 heterocycles. The van der Waals surface area contributed by atoms with Crippen LogP contribution < -0.4 is 0 Å². The fourth-order valence-electron chi connectivity index (χ4n) is 10.1. The van der Waals surface area contributed by atoms with Crippen molar-refractivity contribution < 1.29 is 42.4 Å². The average Bonchev–Trinajstić information content (AvgIpc) is 3.48. The van der Waals surface area contributed by atoms with E-state index in [1.165, 1.54) is 0 Å². The molecule has 0 unspecified atom stereocenters. The summed E-state index contributed by atoms with van der Waals surface area (Å²) in [5.74, 6) is -0.794. The van der Waals surface area contributed by atoms with E-state index in [4.69, 9.17) is 32.8 Å². The van der Waals surface area contributed by atoms with Gasteiger partial charge in [0.05, 0.1) is 30.5 Å². The van der Waals surface area contributed by atoms with E-state index in [0.29, 0.717) is 37.9 Å². The first-order chi connectivity index (χ1) is 24.9. The fraction of sp³-hybridized carbons (Fsp3) is 0.619. The summed E-state index contributed by atoms with van der Waals surface area (Å²) in [6.45, 7) is 15.9. The topological polar surface area (TPSA) is 98.8 Å². The Hall–Kier alpha value is -3.02. The molecule has 10 heteroatoms. The monoisotopic (exact) mass is 734 g/mol. The number of rotatable bonds is 13. The number of ether oxygens (including phenoxy) is 6. The molecule has 0 aromatic heterocycles. The number of hydrogen-bond donors (Lipinski definition) is 0. The summed E-state index contributed by atoms with van der Waals surface area (Å²) < 4.78 is 46.0. The number of esters is 1. The van der Waals surface area contributed by atoms with E-state index in [2.05, 4.69) is 60.6 Å². The Morgan fingerprint density at radius 2 is 1.54 bits per heavy atom. The van der Waals surface area contributed by atoms with E-state index in [9.17, 15) is 9.59 Å². The summed E-state index contributed by atoms with van der Waals surface area (Å²) in [5.41, 5.74) is 1.20. The quantitative estimate of drug-likeness (QED) is 0.0864. The zero-order valence-electron chi connectivity index (χ0n) is 32.3. The molecular weight excluding hydrogens is 677 g/mol. The van der Waals surface area contributed by atoms with Crippen molar-refractivity contribution in [1.82, 2.24) is 0 Å². The van der Waals surface area contributed by atoms with Crippen LogP contribution in [-0.2, 0) is 39.5 Å². The summed E-state index contributed by atoms with van der Waals surface area (Å²) in [4.78, 5) is 27.5. The van der Waals surface area contributed by atoms with Crippen molar-refractivity contribution in [3.63, 3.8) is 0 Å². The highest BCUT2D eigenvalue weighted by Gasteiger charge is 2.73. The lowest BCUT2D eigenvalue weighted by Crippen LogP contribution is -2.69. The lowest BCUT2D eigenvalue weighted by Gasteiger charge is -2.62. The molecule has 6 rings (SSSR count). The number of hydrogen-bond acceptors (Lipinski definition) is 9. The first-order valence-corrected chi connectivity index (χ1v) is 21.7. The molecule has 0 radical (unpaired) electrons. The smallest absolute Gasteiger partial charge is 0.458 e. The highest BCUT2D eigenvalue weighted by molar-refractivity contribution is 6.73. The molecule has 1 spiro atoms. The van der Waals surface area contributed by atoms with Gasteiger partial charge in [-0.2, -0.15) is 0 Å². The van der Waals surface area contributed by atoms with Gasteiger partial charge in [-0.1, -0.05) is 90.1 Å². The van der Waals surface area contributed by atoms with Crippen LogP contribution in [0.5, 0.6) is 0 Å². The Bertz CT molecular complexity index is 1580. The van der Waals surface area contributed by atoms with Crippen molar-refractivity contribution in [2.45, 2.75) is 135 Å². The Kier molecular flexibility index (Phi) is 11.4. The molecule has 2 aromatic rings. The molecule has 0 N–H and O–H groups in total. The highest BCUT2D eigenvalue weighted by Crippen LogP contribution is 2.65. The third kappa shape index (κ3) is 6.79. The summed E-state index contributed by atoms with van der Waals surface area (Å²) in [5, 5.41) is 0. The molecule has 9 nitrogen and oxygen atoms in total. The van der Waals surface area contributed by atoms with E-state index in [1.807, 2.05) is 36.4 Å². The van der Waals surface area contributed by atoms with Crippen molar-refractivity contribution >= 4 is 20.4 Å². The van der Waals surface area contributed by atoms with Gasteiger partial charge in [-0.05, 0) is 73.2 Å². The van der Waals surface area contributed by atoms with Crippen molar-refractivity contribution in [2.24, 2.45) is 16.7 Å². The molecule has 2 aromatic carbocycles. The van der Waals surface area contributed by atoms with Gasteiger partial charge in [0, 0.05) is 30.3 Å². The second-order valence-corrected chi connectivity index (χ2v) is 20.7. The number of benzene rings is 2. The third-order valence-corrected chi connectivity index (χ3v) is 17.9. The van der Waals surface area contributed by atoms with Gasteiger partial charge in [-0.3, -0.25) is 0 Å². The molecule has 52 heavy (non-hydrogen) atoms. The maximum absolute atomic E-state index is 13.8. The molecule has 2 saturated carbocycles. The molecule has 4 aliphatic rings. The van der Waals surface area contributed by atoms with Gasteiger partial charge < -0.3 is 32.8 Å². The number of carbonyl (C=O) groups is 2. The van der Waals surface area contributed by atoms with Gasteiger partial charge in [0.2, 0.25) is 0 Å². The van der Waals surface area contributed by atoms with Crippen LogP contribution in [0.3, 0.4) is 0 Å². The van der Waals surface area contributed by atoms with E-state index in [-0.39, 0.29) is 31.1 Å². The first kappa shape index (κ1) is 38.7. The Labute approximate surface area is 310 Å². The molecule has 0 amide bonds. The van der Waals surface area contributed by atoms with Crippen LogP contribution >= 0.6 is 0 Å². The van der Waals surface area contributed by atoms with Gasteiger partial charge in [0.15, 0.2) is 20.0 Å². The SMILES string of the molecule is CC[Si](CC)(CC)O[C@H]1C[C@@]2(C)[C@@H]([C@@H](OCOC)CC[C@H]2OC(=O)c2ccccc2)[C@@H]2OC(=O)O[C@]23C[C@H](OCc2ccccc2)C(C)=C1C3(C)C. The predicted molar refractivity (Wildman–Crippen MR) is 200 cm³/mol. The van der Waals surface area contributed by atoms with Gasteiger partial charge in [-0.15, -0.1) is 0 Å². The van der Waals surface area contributed by atoms with E-state index >= 15 is 0 Å². The van der Waals surface area contributed by atoms with Crippen LogP contribution in [0.15, 0.2) is 71.8 Å². The Morgan fingerprint density at radius 1 is 0.885 bits per heavy atom. The van der Waals surface area contributed by atoms with Crippen molar-refractivity contribution in [3.8, 4) is 0 Å². The first-order valence-electron chi connectivity index (χ1n) is 19.2. The molecule has 3 aliphatic carbocycles. The minimum Gasteiger partial charge on any atom is -0.458 e. The second kappa shape index (κ2) is 15.4. The second-order valence-electron chi connectivity index (χ2n) is 16.0. The predicted octanol–water partition coefficient (Wildman–Crippen LogP) is 9.02. The summed E-state index contributed by atoms with van der Waals surface area (Å²) in [7, 11) is -0.632. The minimum absolute atomic E-state index is 0.0775. The zero-order chi connectivity index (χ0) is 37.3. The maximum Gasteiger partial charge on any atom is 0.509 e.